The maximum atomic E-state index is 11.8. The number of aliphatic hydroxyl groups excluding tert-OH is 1. The number of carbonyl (C=O) groups excluding carboxylic acids is 1. The third-order valence-corrected chi connectivity index (χ3v) is 4.32. The van der Waals surface area contributed by atoms with Crippen LogP contribution in [0.25, 0.3) is 0 Å². The van der Waals surface area contributed by atoms with Gasteiger partial charge in [-0.1, -0.05) is 31.4 Å². The molecule has 0 atom stereocenters. The van der Waals surface area contributed by atoms with Crippen molar-refractivity contribution in [1.82, 2.24) is 5.32 Å². The van der Waals surface area contributed by atoms with E-state index >= 15 is 0 Å². The van der Waals surface area contributed by atoms with E-state index in [1.807, 2.05) is 12.1 Å². The Morgan fingerprint density at radius 2 is 1.82 bits per heavy atom. The molecule has 1 amide bonds. The molecule has 1 aliphatic rings. The SMILES string of the molecule is O=C(CNCCCCO)Nc1ccc(C2CCCCC2)cc1. The molecule has 1 aromatic rings. The van der Waals surface area contributed by atoms with Crippen LogP contribution in [0, 0.1) is 0 Å². The van der Waals surface area contributed by atoms with Crippen molar-refractivity contribution in [3.05, 3.63) is 29.8 Å². The molecule has 1 aromatic carbocycles. The van der Waals surface area contributed by atoms with Gasteiger partial charge in [-0.25, -0.2) is 0 Å². The molecule has 0 heterocycles. The van der Waals surface area contributed by atoms with Crippen molar-refractivity contribution in [3.63, 3.8) is 0 Å². The Kier molecular flexibility index (Phi) is 7.40. The molecule has 122 valence electrons. The highest BCUT2D eigenvalue weighted by Crippen LogP contribution is 2.32. The van der Waals surface area contributed by atoms with Crippen LogP contribution < -0.4 is 10.6 Å². The summed E-state index contributed by atoms with van der Waals surface area (Å²) in [5.41, 5.74) is 2.27. The summed E-state index contributed by atoms with van der Waals surface area (Å²) in [5, 5.41) is 14.7. The number of hydrogen-bond donors (Lipinski definition) is 3. The number of unbranched alkanes of at least 4 members (excludes halogenated alkanes) is 1. The van der Waals surface area contributed by atoms with E-state index in [0.29, 0.717) is 12.5 Å². The molecule has 1 saturated carbocycles. The van der Waals surface area contributed by atoms with Crippen LogP contribution in [-0.4, -0.2) is 30.7 Å². The number of rotatable bonds is 8. The van der Waals surface area contributed by atoms with E-state index in [9.17, 15) is 4.79 Å². The van der Waals surface area contributed by atoms with E-state index < -0.39 is 0 Å². The lowest BCUT2D eigenvalue weighted by molar-refractivity contribution is -0.115. The number of aliphatic hydroxyl groups is 1. The highest BCUT2D eigenvalue weighted by molar-refractivity contribution is 5.92. The fourth-order valence-electron chi connectivity index (χ4n) is 3.04. The summed E-state index contributed by atoms with van der Waals surface area (Å²) in [6, 6.07) is 8.32. The zero-order valence-corrected chi connectivity index (χ0v) is 13.3. The van der Waals surface area contributed by atoms with Crippen molar-refractivity contribution in [2.45, 2.75) is 50.9 Å². The van der Waals surface area contributed by atoms with Gasteiger partial charge in [-0.15, -0.1) is 0 Å². The fourth-order valence-corrected chi connectivity index (χ4v) is 3.04. The monoisotopic (exact) mass is 304 g/mol. The number of carbonyl (C=O) groups is 1. The van der Waals surface area contributed by atoms with Gasteiger partial charge in [0.15, 0.2) is 0 Å². The molecule has 0 bridgehead atoms. The van der Waals surface area contributed by atoms with Crippen LogP contribution in [0.5, 0.6) is 0 Å². The van der Waals surface area contributed by atoms with Gasteiger partial charge in [0.05, 0.1) is 6.54 Å². The second-order valence-corrected chi connectivity index (χ2v) is 6.11. The van der Waals surface area contributed by atoms with Gasteiger partial charge in [0.25, 0.3) is 0 Å². The molecule has 0 aromatic heterocycles. The van der Waals surface area contributed by atoms with E-state index in [-0.39, 0.29) is 12.5 Å². The number of hydrogen-bond acceptors (Lipinski definition) is 3. The Labute approximate surface area is 133 Å². The molecule has 0 unspecified atom stereocenters. The van der Waals surface area contributed by atoms with Crippen LogP contribution in [0.4, 0.5) is 5.69 Å². The molecule has 0 saturated heterocycles. The van der Waals surface area contributed by atoms with Gasteiger partial charge in [0, 0.05) is 12.3 Å². The lowest BCUT2D eigenvalue weighted by Crippen LogP contribution is -2.28. The van der Waals surface area contributed by atoms with Gasteiger partial charge in [0.2, 0.25) is 5.91 Å². The molecule has 0 aliphatic heterocycles. The van der Waals surface area contributed by atoms with Crippen molar-refractivity contribution in [3.8, 4) is 0 Å². The standard InChI is InChI=1S/C18H28N2O2/c21-13-5-4-12-19-14-18(22)20-17-10-8-16(9-11-17)15-6-2-1-3-7-15/h8-11,15,19,21H,1-7,12-14H2,(H,20,22). The van der Waals surface area contributed by atoms with Crippen LogP contribution >= 0.6 is 0 Å². The van der Waals surface area contributed by atoms with E-state index in [1.54, 1.807) is 0 Å². The third-order valence-electron chi connectivity index (χ3n) is 4.32. The Morgan fingerprint density at radius 1 is 1.09 bits per heavy atom. The van der Waals surface area contributed by atoms with Crippen molar-refractivity contribution >= 4 is 11.6 Å². The van der Waals surface area contributed by atoms with Crippen LogP contribution in [-0.2, 0) is 4.79 Å². The summed E-state index contributed by atoms with van der Waals surface area (Å²) >= 11 is 0. The first-order valence-electron chi connectivity index (χ1n) is 8.51. The van der Waals surface area contributed by atoms with Gasteiger partial charge in [0.1, 0.15) is 0 Å². The fraction of sp³-hybridized carbons (Fsp3) is 0.611. The topological polar surface area (TPSA) is 61.4 Å². The first-order chi connectivity index (χ1) is 10.8. The number of amides is 1. The van der Waals surface area contributed by atoms with Gasteiger partial charge in [-0.05, 0) is 55.8 Å². The van der Waals surface area contributed by atoms with Crippen LogP contribution in [0.3, 0.4) is 0 Å². The quantitative estimate of drug-likeness (QED) is 0.647. The summed E-state index contributed by atoms with van der Waals surface area (Å²) in [6.07, 6.45) is 8.30. The minimum Gasteiger partial charge on any atom is -0.396 e. The summed E-state index contributed by atoms with van der Waals surface area (Å²) in [5.74, 6) is 0.682. The van der Waals surface area contributed by atoms with Crippen molar-refractivity contribution in [2.75, 3.05) is 25.0 Å². The maximum Gasteiger partial charge on any atom is 0.238 e. The van der Waals surface area contributed by atoms with Gasteiger partial charge in [-0.3, -0.25) is 4.79 Å². The predicted octanol–water partition coefficient (Wildman–Crippen LogP) is 3.03. The zero-order valence-electron chi connectivity index (χ0n) is 13.3. The summed E-state index contributed by atoms with van der Waals surface area (Å²) < 4.78 is 0. The molecule has 0 radical (unpaired) electrons. The van der Waals surface area contributed by atoms with Crippen molar-refractivity contribution < 1.29 is 9.90 Å². The van der Waals surface area contributed by atoms with Crippen molar-refractivity contribution in [2.24, 2.45) is 0 Å². The Hall–Kier alpha value is -1.39. The molecule has 1 aliphatic carbocycles. The van der Waals surface area contributed by atoms with Gasteiger partial charge < -0.3 is 15.7 Å². The van der Waals surface area contributed by atoms with Crippen molar-refractivity contribution in [1.29, 1.82) is 0 Å². The maximum absolute atomic E-state index is 11.8. The summed E-state index contributed by atoms with van der Waals surface area (Å²) in [6.45, 7) is 1.28. The number of anilines is 1. The van der Waals surface area contributed by atoms with Crippen LogP contribution in [0.15, 0.2) is 24.3 Å². The number of nitrogens with one attached hydrogen (secondary N) is 2. The minimum absolute atomic E-state index is 0.0191. The Balaban J connectivity index is 1.72. The molecule has 3 N–H and O–H groups in total. The molecular weight excluding hydrogens is 276 g/mol. The molecule has 2 rings (SSSR count). The highest BCUT2D eigenvalue weighted by Gasteiger charge is 2.15. The average Bonchev–Trinajstić information content (AvgIpc) is 2.56. The second-order valence-electron chi connectivity index (χ2n) is 6.11. The summed E-state index contributed by atoms with van der Waals surface area (Å²) in [4.78, 5) is 11.8. The van der Waals surface area contributed by atoms with Gasteiger partial charge in [-0.2, -0.15) is 0 Å². The molecule has 4 heteroatoms. The zero-order chi connectivity index (χ0) is 15.6. The smallest absolute Gasteiger partial charge is 0.238 e. The van der Waals surface area contributed by atoms with Crippen LogP contribution in [0.1, 0.15) is 56.4 Å². The third kappa shape index (κ3) is 5.78. The molecule has 4 nitrogen and oxygen atoms in total. The average molecular weight is 304 g/mol. The molecule has 1 fully saturated rings. The first-order valence-corrected chi connectivity index (χ1v) is 8.51. The molecular formula is C18H28N2O2. The van der Waals surface area contributed by atoms with E-state index in [0.717, 1.165) is 25.1 Å². The van der Waals surface area contributed by atoms with Crippen LogP contribution in [0.2, 0.25) is 0 Å². The Bertz CT molecular complexity index is 439. The lowest BCUT2D eigenvalue weighted by Gasteiger charge is -2.22. The first kappa shape index (κ1) is 17.0. The minimum atomic E-state index is -0.0191. The van der Waals surface area contributed by atoms with E-state index in [2.05, 4.69) is 22.8 Å². The lowest BCUT2D eigenvalue weighted by atomic mass is 9.84. The molecule has 0 spiro atoms. The predicted molar refractivity (Wildman–Crippen MR) is 90.1 cm³/mol. The molecule has 22 heavy (non-hydrogen) atoms. The normalized spacial score (nSPS) is 15.7. The summed E-state index contributed by atoms with van der Waals surface area (Å²) in [7, 11) is 0. The number of benzene rings is 1. The largest absolute Gasteiger partial charge is 0.396 e. The Morgan fingerprint density at radius 3 is 2.50 bits per heavy atom. The second kappa shape index (κ2) is 9.59. The van der Waals surface area contributed by atoms with Gasteiger partial charge >= 0.3 is 0 Å². The highest BCUT2D eigenvalue weighted by atomic mass is 16.2. The van der Waals surface area contributed by atoms with E-state index in [1.165, 1.54) is 37.7 Å². The van der Waals surface area contributed by atoms with E-state index in [4.69, 9.17) is 5.11 Å².